The number of amides is 4. The van der Waals surface area contributed by atoms with E-state index in [1.165, 1.54) is 11.9 Å². The number of anilines is 4. The van der Waals surface area contributed by atoms with E-state index in [0.29, 0.717) is 52.9 Å². The summed E-state index contributed by atoms with van der Waals surface area (Å²) in [6.07, 6.45) is 5.70. The molecule has 0 bridgehead atoms. The third-order valence-electron chi connectivity index (χ3n) is 13.1. The summed E-state index contributed by atoms with van der Waals surface area (Å²) in [5.41, 5.74) is 2.18. The fraction of sp³-hybridized carbons (Fsp3) is 0.489. The molecule has 0 saturated carbocycles. The predicted octanol–water partition coefficient (Wildman–Crippen LogP) is 4.13. The highest BCUT2D eigenvalue weighted by molar-refractivity contribution is 6.33. The minimum Gasteiger partial charge on any atom is -0.478 e. The van der Waals surface area contributed by atoms with Crippen LogP contribution in [0.25, 0.3) is 10.9 Å². The Bertz CT molecular complexity index is 2550. The second-order valence-corrected chi connectivity index (χ2v) is 17.9. The number of hydrogen-bond donors (Lipinski definition) is 3. The molecular formula is C45H52ClFN10O7. The molecule has 5 aliphatic rings. The van der Waals surface area contributed by atoms with Crippen molar-refractivity contribution in [2.45, 2.75) is 89.3 Å². The zero-order chi connectivity index (χ0) is 44.8. The van der Waals surface area contributed by atoms with Crippen LogP contribution in [0.15, 0.2) is 47.4 Å². The first-order chi connectivity index (χ1) is 30.8. The lowest BCUT2D eigenvalue weighted by molar-refractivity contribution is -0.137. The van der Waals surface area contributed by atoms with Gasteiger partial charge in [-0.2, -0.15) is 4.98 Å². The summed E-state index contributed by atoms with van der Waals surface area (Å²) in [6.45, 7) is 8.13. The molecule has 338 valence electrons. The van der Waals surface area contributed by atoms with Crippen molar-refractivity contribution in [2.75, 3.05) is 68.0 Å². The Morgan fingerprint density at radius 1 is 0.969 bits per heavy atom. The van der Waals surface area contributed by atoms with Crippen LogP contribution in [0.1, 0.15) is 74.3 Å². The number of ether oxygens (including phenoxy) is 2. The van der Waals surface area contributed by atoms with Crippen LogP contribution in [-0.4, -0.2) is 125 Å². The smallest absolute Gasteiger partial charge is 0.293 e. The van der Waals surface area contributed by atoms with Crippen molar-refractivity contribution in [3.63, 3.8) is 0 Å². The van der Waals surface area contributed by atoms with Gasteiger partial charge >= 0.3 is 0 Å². The molecule has 2 aromatic carbocycles. The number of benzene rings is 2. The number of carbonyl (C=O) groups is 4. The van der Waals surface area contributed by atoms with Gasteiger partial charge in [-0.3, -0.25) is 34.2 Å². The van der Waals surface area contributed by atoms with Crippen molar-refractivity contribution < 1.29 is 33.0 Å². The number of carbonyl (C=O) groups excluding carboxylic acids is 4. The average Bonchev–Trinajstić information content (AvgIpc) is 3.61. The molecule has 4 aromatic rings. The molecule has 4 amide bonds. The Morgan fingerprint density at radius 2 is 1.72 bits per heavy atom. The zero-order valence-corrected chi connectivity index (χ0v) is 36.8. The standard InChI is InChI=1S/C45H52ClFN10O7/c1-25(2)57-34-6-4-27(18-26(34)19-37(44(57)62)63-24-39(59)48-3)50-41-33(46)20-49-45(52-41)54-16-12-29(13-17-54)64-30-21-55(22-30)28-10-14-53(15-11-28)35-7-5-31-32(40(35)47)23-56(43(31)61)36-8-9-38(58)51-42(36)60/h4-7,18-20,25,28-30,36H,8-17,21-24H2,1-3H3,(H,48,59)(H,49,50,52)(H,51,58,60). The predicted molar refractivity (Wildman–Crippen MR) is 238 cm³/mol. The highest BCUT2D eigenvalue weighted by atomic mass is 35.5. The van der Waals surface area contributed by atoms with E-state index in [4.69, 9.17) is 26.1 Å². The van der Waals surface area contributed by atoms with E-state index in [2.05, 4.69) is 35.6 Å². The Kier molecular flexibility index (Phi) is 12.2. The van der Waals surface area contributed by atoms with Crippen molar-refractivity contribution in [1.29, 1.82) is 0 Å². The number of fused-ring (bicyclic) bond motifs is 2. The van der Waals surface area contributed by atoms with E-state index < -0.39 is 17.8 Å². The Morgan fingerprint density at radius 3 is 2.44 bits per heavy atom. The van der Waals surface area contributed by atoms with Gasteiger partial charge in [0.15, 0.2) is 24.0 Å². The van der Waals surface area contributed by atoms with E-state index in [9.17, 15) is 24.0 Å². The summed E-state index contributed by atoms with van der Waals surface area (Å²) >= 11 is 6.59. The minimum atomic E-state index is -0.781. The number of likely N-dealkylation sites (N-methyl/N-ethyl adjacent to an activating group) is 1. The maximum Gasteiger partial charge on any atom is 0.293 e. The fourth-order valence-corrected chi connectivity index (χ4v) is 9.73. The van der Waals surface area contributed by atoms with Gasteiger partial charge in [-0.05, 0) is 82.3 Å². The number of hydrogen-bond acceptors (Lipinski definition) is 13. The first kappa shape index (κ1) is 43.4. The van der Waals surface area contributed by atoms with Crippen LogP contribution >= 0.6 is 11.6 Å². The summed E-state index contributed by atoms with van der Waals surface area (Å²) in [6, 6.07) is 10.0. The van der Waals surface area contributed by atoms with Gasteiger partial charge in [0.2, 0.25) is 17.8 Å². The van der Waals surface area contributed by atoms with Gasteiger partial charge in [0.1, 0.15) is 11.1 Å². The van der Waals surface area contributed by atoms with Crippen molar-refractivity contribution in [3.8, 4) is 5.75 Å². The monoisotopic (exact) mass is 898 g/mol. The van der Waals surface area contributed by atoms with Gasteiger partial charge in [-0.1, -0.05) is 11.6 Å². The molecule has 1 atom stereocenters. The summed E-state index contributed by atoms with van der Waals surface area (Å²) in [7, 11) is 1.51. The maximum atomic E-state index is 16.0. The Hall–Kier alpha value is -5.85. The molecule has 0 spiro atoms. The molecule has 0 aliphatic carbocycles. The molecule has 5 aliphatic heterocycles. The van der Waals surface area contributed by atoms with Crippen LogP contribution < -0.4 is 36.0 Å². The fourth-order valence-electron chi connectivity index (χ4n) is 9.59. The number of nitrogens with one attached hydrogen (secondary N) is 3. The van der Waals surface area contributed by atoms with Crippen molar-refractivity contribution in [1.82, 2.24) is 35.0 Å². The summed E-state index contributed by atoms with van der Waals surface area (Å²) in [5.74, 6) is -0.899. The third-order valence-corrected chi connectivity index (χ3v) is 13.4. The van der Waals surface area contributed by atoms with Gasteiger partial charge in [-0.15, -0.1) is 0 Å². The first-order valence-electron chi connectivity index (χ1n) is 22.0. The molecule has 4 fully saturated rings. The molecule has 1 unspecified atom stereocenters. The van der Waals surface area contributed by atoms with Gasteiger partial charge in [-0.25, -0.2) is 9.37 Å². The average molecular weight is 899 g/mol. The third kappa shape index (κ3) is 8.57. The van der Waals surface area contributed by atoms with E-state index in [0.717, 1.165) is 62.8 Å². The largest absolute Gasteiger partial charge is 0.478 e. The first-order valence-corrected chi connectivity index (χ1v) is 22.4. The molecule has 64 heavy (non-hydrogen) atoms. The van der Waals surface area contributed by atoms with Gasteiger partial charge in [0, 0.05) is 87.0 Å². The number of likely N-dealkylation sites (tertiary alicyclic amines) is 1. The lowest BCUT2D eigenvalue weighted by atomic mass is 9.97. The number of aromatic nitrogens is 3. The molecule has 19 heteroatoms. The molecule has 9 rings (SSSR count). The number of piperidine rings is 3. The molecule has 7 heterocycles. The summed E-state index contributed by atoms with van der Waals surface area (Å²) in [4.78, 5) is 79.7. The van der Waals surface area contributed by atoms with Crippen LogP contribution in [0.2, 0.25) is 5.02 Å². The van der Waals surface area contributed by atoms with Crippen molar-refractivity contribution in [2.24, 2.45) is 0 Å². The van der Waals surface area contributed by atoms with Gasteiger partial charge in [0.25, 0.3) is 17.4 Å². The van der Waals surface area contributed by atoms with Crippen LogP contribution in [-0.2, 0) is 25.7 Å². The number of halogens is 2. The van der Waals surface area contributed by atoms with E-state index in [1.807, 2.05) is 32.0 Å². The zero-order valence-electron chi connectivity index (χ0n) is 36.1. The lowest BCUT2D eigenvalue weighted by Gasteiger charge is -2.48. The molecule has 0 radical (unpaired) electrons. The SMILES string of the molecule is CNC(=O)COc1cc2cc(Nc3nc(N4CCC(OC5CN(C6CCN(c7ccc8c(c7F)CN(C7CCC(=O)NC7=O)C8=O)CC6)C5)CC4)ncc3Cl)ccc2n(C(C)C)c1=O. The second kappa shape index (κ2) is 18.0. The minimum absolute atomic E-state index is 0.0135. The Balaban J connectivity index is 0.746. The number of rotatable bonds is 12. The number of imide groups is 1. The maximum absolute atomic E-state index is 16.0. The normalized spacial score (nSPS) is 20.2. The van der Waals surface area contributed by atoms with E-state index in [-0.39, 0.29) is 78.8 Å². The van der Waals surface area contributed by atoms with Crippen LogP contribution in [0.3, 0.4) is 0 Å². The molecule has 4 saturated heterocycles. The van der Waals surface area contributed by atoms with E-state index >= 15 is 4.39 Å². The van der Waals surface area contributed by atoms with Crippen LogP contribution in [0.5, 0.6) is 5.75 Å². The van der Waals surface area contributed by atoms with E-state index in [1.54, 1.807) is 29.0 Å². The van der Waals surface area contributed by atoms with Gasteiger partial charge < -0.3 is 39.4 Å². The number of nitrogens with zero attached hydrogens (tertiary/aromatic N) is 7. The van der Waals surface area contributed by atoms with Crippen molar-refractivity contribution in [3.05, 3.63) is 74.9 Å². The quantitative estimate of drug-likeness (QED) is 0.173. The summed E-state index contributed by atoms with van der Waals surface area (Å²) in [5, 5.41) is 9.21. The lowest BCUT2D eigenvalue weighted by Crippen LogP contribution is -2.59. The van der Waals surface area contributed by atoms with Crippen LogP contribution in [0.4, 0.5) is 27.5 Å². The van der Waals surface area contributed by atoms with Crippen LogP contribution in [0, 0.1) is 5.82 Å². The highest BCUT2D eigenvalue weighted by Crippen LogP contribution is 2.36. The molecule has 2 aromatic heterocycles. The topological polar surface area (TPSA) is 184 Å². The van der Waals surface area contributed by atoms with Gasteiger partial charge in [0.05, 0.1) is 36.2 Å². The molecule has 3 N–H and O–H groups in total. The Labute approximate surface area is 374 Å². The summed E-state index contributed by atoms with van der Waals surface area (Å²) < 4.78 is 29.8. The second-order valence-electron chi connectivity index (χ2n) is 17.4. The van der Waals surface area contributed by atoms with Crippen molar-refractivity contribution >= 4 is 69.3 Å². The number of pyridine rings is 1. The molecular weight excluding hydrogens is 847 g/mol. The molecule has 17 nitrogen and oxygen atoms in total. The highest BCUT2D eigenvalue weighted by Gasteiger charge is 2.42.